The van der Waals surface area contributed by atoms with Crippen LogP contribution in [-0.4, -0.2) is 12.1 Å². The van der Waals surface area contributed by atoms with E-state index in [0.29, 0.717) is 23.9 Å². The Bertz CT molecular complexity index is 588. The van der Waals surface area contributed by atoms with Crippen LogP contribution in [0.2, 0.25) is 0 Å². The third-order valence-corrected chi connectivity index (χ3v) is 3.51. The Balaban J connectivity index is 2.29. The molecule has 0 fully saturated rings. The number of nitrogens with zero attached hydrogens (tertiary/aromatic N) is 1. The number of nitrogens with two attached hydrogens (primary N) is 1. The van der Waals surface area contributed by atoms with E-state index in [9.17, 15) is 0 Å². The largest absolute Gasteiger partial charge is 0.493 e. The Morgan fingerprint density at radius 3 is 2.63 bits per heavy atom. The van der Waals surface area contributed by atoms with E-state index in [2.05, 4.69) is 20.9 Å². The van der Waals surface area contributed by atoms with E-state index in [1.165, 1.54) is 0 Å². The fourth-order valence-corrected chi connectivity index (χ4v) is 1.83. The van der Waals surface area contributed by atoms with Gasteiger partial charge in [0.2, 0.25) is 5.88 Å². The van der Waals surface area contributed by atoms with Crippen molar-refractivity contribution >= 4 is 15.9 Å². The highest BCUT2D eigenvalue weighted by atomic mass is 79.9. The minimum atomic E-state index is 0.465. The summed E-state index contributed by atoms with van der Waals surface area (Å²) in [6.07, 6.45) is 0. The smallest absolute Gasteiger partial charge is 0.219 e. The first-order valence-corrected chi connectivity index (χ1v) is 6.61. The number of aryl methyl sites for hydroxylation is 1. The minimum Gasteiger partial charge on any atom is -0.493 e. The normalized spacial score (nSPS) is 10.3. The molecule has 4 nitrogen and oxygen atoms in total. The Hall–Kier alpha value is -1.59. The molecule has 19 heavy (non-hydrogen) atoms. The van der Waals surface area contributed by atoms with E-state index in [1.807, 2.05) is 31.2 Å². The van der Waals surface area contributed by atoms with E-state index >= 15 is 0 Å². The Labute approximate surface area is 120 Å². The highest BCUT2D eigenvalue weighted by molar-refractivity contribution is 9.10. The number of pyridine rings is 1. The molecule has 0 aliphatic rings. The molecule has 1 aromatic carbocycles. The van der Waals surface area contributed by atoms with Crippen molar-refractivity contribution in [3.8, 4) is 17.4 Å². The summed E-state index contributed by atoms with van der Waals surface area (Å²) >= 11 is 3.41. The maximum atomic E-state index is 5.74. The van der Waals surface area contributed by atoms with Gasteiger partial charge >= 0.3 is 0 Å². The van der Waals surface area contributed by atoms with E-state index in [1.54, 1.807) is 13.2 Å². The molecule has 5 heteroatoms. The van der Waals surface area contributed by atoms with Gasteiger partial charge in [-0.25, -0.2) is 4.98 Å². The lowest BCUT2D eigenvalue weighted by molar-refractivity contribution is 0.373. The molecule has 100 valence electrons. The van der Waals surface area contributed by atoms with Crippen LogP contribution >= 0.6 is 15.9 Å². The molecule has 0 aliphatic heterocycles. The molecule has 0 unspecified atom stereocenters. The van der Waals surface area contributed by atoms with Gasteiger partial charge in [0.1, 0.15) is 0 Å². The number of hydrogen-bond donors (Lipinski definition) is 1. The number of hydrogen-bond acceptors (Lipinski definition) is 4. The fourth-order valence-electron chi connectivity index (χ4n) is 1.61. The van der Waals surface area contributed by atoms with Crippen LogP contribution in [0.1, 0.15) is 11.3 Å². The van der Waals surface area contributed by atoms with Crippen molar-refractivity contribution in [3.05, 3.63) is 46.1 Å². The van der Waals surface area contributed by atoms with Gasteiger partial charge in [-0.3, -0.25) is 0 Å². The number of methoxy groups -OCH3 is 1. The maximum absolute atomic E-state index is 5.74. The van der Waals surface area contributed by atoms with Crippen LogP contribution < -0.4 is 15.2 Å². The van der Waals surface area contributed by atoms with Gasteiger partial charge in [0.05, 0.1) is 12.8 Å². The first-order chi connectivity index (χ1) is 9.13. The van der Waals surface area contributed by atoms with Crippen molar-refractivity contribution in [3.63, 3.8) is 0 Å². The van der Waals surface area contributed by atoms with Gasteiger partial charge < -0.3 is 15.2 Å². The van der Waals surface area contributed by atoms with Gasteiger partial charge in [0.25, 0.3) is 0 Å². The van der Waals surface area contributed by atoms with Crippen LogP contribution in [0.3, 0.4) is 0 Å². The monoisotopic (exact) mass is 322 g/mol. The fraction of sp³-hybridized carbons (Fsp3) is 0.214. The number of rotatable bonds is 4. The van der Waals surface area contributed by atoms with Gasteiger partial charge in [-0.05, 0) is 46.6 Å². The summed E-state index contributed by atoms with van der Waals surface area (Å²) in [5.74, 6) is 1.79. The number of halogens is 1. The van der Waals surface area contributed by atoms with Crippen molar-refractivity contribution in [1.82, 2.24) is 4.98 Å². The summed E-state index contributed by atoms with van der Waals surface area (Å²) in [6.45, 7) is 2.37. The Morgan fingerprint density at radius 2 is 2.00 bits per heavy atom. The molecule has 0 radical (unpaired) electrons. The molecular formula is C14H15BrN2O2. The molecular weight excluding hydrogens is 308 g/mol. The lowest BCUT2D eigenvalue weighted by atomic mass is 10.2. The molecule has 2 aromatic rings. The minimum absolute atomic E-state index is 0.465. The molecule has 0 atom stereocenters. The highest BCUT2D eigenvalue weighted by Crippen LogP contribution is 2.32. The van der Waals surface area contributed by atoms with Gasteiger partial charge in [-0.1, -0.05) is 6.07 Å². The quantitative estimate of drug-likeness (QED) is 0.937. The van der Waals surface area contributed by atoms with Gasteiger partial charge in [-0.15, -0.1) is 0 Å². The van der Waals surface area contributed by atoms with Crippen LogP contribution in [0.5, 0.6) is 17.4 Å². The lowest BCUT2D eigenvalue weighted by Crippen LogP contribution is -1.98. The van der Waals surface area contributed by atoms with Gasteiger partial charge in [0, 0.05) is 17.1 Å². The predicted molar refractivity (Wildman–Crippen MR) is 77.6 cm³/mol. The van der Waals surface area contributed by atoms with Crippen molar-refractivity contribution in [2.24, 2.45) is 5.73 Å². The van der Waals surface area contributed by atoms with Gasteiger partial charge in [-0.2, -0.15) is 0 Å². The van der Waals surface area contributed by atoms with Crippen LogP contribution in [0.25, 0.3) is 0 Å². The summed E-state index contributed by atoms with van der Waals surface area (Å²) in [6, 6.07) is 9.30. The van der Waals surface area contributed by atoms with Crippen LogP contribution in [0.15, 0.2) is 34.8 Å². The zero-order chi connectivity index (χ0) is 13.8. The predicted octanol–water partition coefficient (Wildman–Crippen LogP) is 3.41. The second kappa shape index (κ2) is 6.04. The summed E-state index contributed by atoms with van der Waals surface area (Å²) in [5.41, 5.74) is 7.46. The molecule has 2 rings (SSSR count). The molecule has 0 saturated carbocycles. The molecule has 2 N–H and O–H groups in total. The average molecular weight is 323 g/mol. The first-order valence-electron chi connectivity index (χ1n) is 5.82. The number of benzene rings is 1. The van der Waals surface area contributed by atoms with Crippen molar-refractivity contribution in [2.75, 3.05) is 7.11 Å². The first kappa shape index (κ1) is 13.8. The van der Waals surface area contributed by atoms with Gasteiger partial charge in [0.15, 0.2) is 11.5 Å². The third-order valence-electron chi connectivity index (χ3n) is 2.67. The van der Waals surface area contributed by atoms with E-state index in [0.717, 1.165) is 15.7 Å². The number of ether oxygens (including phenoxy) is 2. The second-order valence-corrected chi connectivity index (χ2v) is 4.86. The number of aromatic nitrogens is 1. The second-order valence-electron chi connectivity index (χ2n) is 4.01. The summed E-state index contributed by atoms with van der Waals surface area (Å²) < 4.78 is 12.0. The molecule has 0 spiro atoms. The maximum Gasteiger partial charge on any atom is 0.219 e. The Morgan fingerprint density at radius 1 is 1.21 bits per heavy atom. The van der Waals surface area contributed by atoms with Crippen LogP contribution in [0.4, 0.5) is 0 Å². The van der Waals surface area contributed by atoms with Crippen LogP contribution in [-0.2, 0) is 6.54 Å². The standard InChI is InChI=1S/C14H15BrN2O2/c1-9-11(15)4-6-14(17-9)19-12-5-3-10(8-16)7-13(12)18-2/h3-7H,8,16H2,1-2H3. The summed E-state index contributed by atoms with van der Waals surface area (Å²) in [4.78, 5) is 4.34. The highest BCUT2D eigenvalue weighted by Gasteiger charge is 2.08. The van der Waals surface area contributed by atoms with Crippen LogP contribution in [0, 0.1) is 6.92 Å². The van der Waals surface area contributed by atoms with Crippen molar-refractivity contribution in [2.45, 2.75) is 13.5 Å². The lowest BCUT2D eigenvalue weighted by Gasteiger charge is -2.11. The molecule has 1 heterocycles. The third kappa shape index (κ3) is 3.24. The molecule has 0 bridgehead atoms. The molecule has 0 aliphatic carbocycles. The molecule has 1 aromatic heterocycles. The van der Waals surface area contributed by atoms with Crippen molar-refractivity contribution < 1.29 is 9.47 Å². The summed E-state index contributed by atoms with van der Waals surface area (Å²) in [5, 5.41) is 0. The SMILES string of the molecule is COc1cc(CN)ccc1Oc1ccc(Br)c(C)n1. The Kier molecular flexibility index (Phi) is 4.39. The zero-order valence-corrected chi connectivity index (χ0v) is 12.4. The van der Waals surface area contributed by atoms with E-state index in [4.69, 9.17) is 15.2 Å². The van der Waals surface area contributed by atoms with E-state index < -0.39 is 0 Å². The zero-order valence-electron chi connectivity index (χ0n) is 10.8. The average Bonchev–Trinajstić information content (AvgIpc) is 2.43. The summed E-state index contributed by atoms with van der Waals surface area (Å²) in [7, 11) is 1.60. The van der Waals surface area contributed by atoms with Crippen molar-refractivity contribution in [1.29, 1.82) is 0 Å². The topological polar surface area (TPSA) is 57.4 Å². The molecule has 0 saturated heterocycles. The molecule has 0 amide bonds. The van der Waals surface area contributed by atoms with E-state index in [-0.39, 0.29) is 0 Å².